The molecule has 4 rings (SSSR count). The molecule has 0 saturated heterocycles. The van der Waals surface area contributed by atoms with Gasteiger partial charge in [-0.25, -0.2) is 0 Å². The summed E-state index contributed by atoms with van der Waals surface area (Å²) in [6.45, 7) is 24.6. The molecule has 3 N–H and O–H groups in total. The number of esters is 1. The zero-order valence-electron chi connectivity index (χ0n) is 50.3. The lowest BCUT2D eigenvalue weighted by Gasteiger charge is -2.34. The van der Waals surface area contributed by atoms with Gasteiger partial charge in [0.2, 0.25) is 0 Å². The number of aliphatic hydroxyl groups is 3. The highest BCUT2D eigenvalue weighted by atomic mass is 16.7. The van der Waals surface area contributed by atoms with Crippen molar-refractivity contribution < 1.29 is 34.3 Å². The third kappa shape index (κ3) is 29.9. The molecule has 0 amide bonds. The summed E-state index contributed by atoms with van der Waals surface area (Å²) in [7, 11) is 4.77. The molecule has 4 aliphatic rings. The molecule has 73 heavy (non-hydrogen) atoms. The van der Waals surface area contributed by atoms with E-state index in [4.69, 9.17) is 14.2 Å². The summed E-state index contributed by atoms with van der Waals surface area (Å²) < 4.78 is 16.1. The van der Waals surface area contributed by atoms with Crippen LogP contribution in [0.3, 0.4) is 0 Å². The van der Waals surface area contributed by atoms with Crippen LogP contribution in [0.15, 0.2) is 58.2 Å². The van der Waals surface area contributed by atoms with Crippen LogP contribution in [0.4, 0.5) is 0 Å². The van der Waals surface area contributed by atoms with Crippen LogP contribution in [0.5, 0.6) is 0 Å². The molecule has 0 aromatic carbocycles. The van der Waals surface area contributed by atoms with Crippen LogP contribution in [0.25, 0.3) is 0 Å². The van der Waals surface area contributed by atoms with Gasteiger partial charge in [0.25, 0.3) is 0 Å². The lowest BCUT2D eigenvalue weighted by Crippen LogP contribution is -2.41. The van der Waals surface area contributed by atoms with Crippen LogP contribution < -0.4 is 0 Å². The second-order valence-electron chi connectivity index (χ2n) is 23.8. The maximum absolute atomic E-state index is 11.8. The minimum absolute atomic E-state index is 0.0160. The first-order chi connectivity index (χ1) is 34.9. The Labute approximate surface area is 452 Å². The molecule has 0 spiro atoms. The largest absolute Gasteiger partial charge is 0.469 e. The predicted molar refractivity (Wildman–Crippen MR) is 313 cm³/mol. The maximum atomic E-state index is 11.8. The molecule has 4 fully saturated rings. The molecule has 4 saturated carbocycles. The van der Waals surface area contributed by atoms with E-state index in [0.717, 1.165) is 95.3 Å². The van der Waals surface area contributed by atoms with Crippen LogP contribution in [0, 0.1) is 41.4 Å². The number of rotatable bonds is 29. The molecular formula is C66H120O7. The lowest BCUT2D eigenvalue weighted by molar-refractivity contribution is -0.233. The second-order valence-corrected chi connectivity index (χ2v) is 23.8. The summed E-state index contributed by atoms with van der Waals surface area (Å²) in [6.07, 6.45) is 46.4. The number of ether oxygens (including phenoxy) is 3. The molecule has 426 valence electrons. The Hall–Kier alpha value is -2.03. The fraction of sp³-hybridized carbons (Fsp3) is 0.833. The van der Waals surface area contributed by atoms with Crippen molar-refractivity contribution in [3.05, 3.63) is 58.2 Å². The Morgan fingerprint density at radius 1 is 0.562 bits per heavy atom. The Bertz CT molecular complexity index is 1560. The smallest absolute Gasteiger partial charge is 0.309 e. The van der Waals surface area contributed by atoms with Crippen molar-refractivity contribution >= 4 is 5.97 Å². The van der Waals surface area contributed by atoms with E-state index in [-0.39, 0.29) is 36.1 Å². The zero-order valence-corrected chi connectivity index (χ0v) is 50.3. The Morgan fingerprint density at radius 3 is 1.48 bits per heavy atom. The van der Waals surface area contributed by atoms with E-state index in [1.165, 1.54) is 144 Å². The first-order valence-corrected chi connectivity index (χ1v) is 30.4. The van der Waals surface area contributed by atoms with Gasteiger partial charge >= 0.3 is 5.97 Å². The van der Waals surface area contributed by atoms with Gasteiger partial charge in [-0.15, -0.1) is 0 Å². The van der Waals surface area contributed by atoms with Gasteiger partial charge in [0.15, 0.2) is 5.79 Å². The van der Waals surface area contributed by atoms with Crippen LogP contribution in [0.2, 0.25) is 0 Å². The first kappa shape index (κ1) is 69.0. The third-order valence-electron chi connectivity index (χ3n) is 17.4. The SMILES string of the molecule is CC(C)=CCC/C(C)=C/CC/C(C)=C/CC1CCCC1O.CC/C(C)=C/CC/C(C)=C/CC1CCCC1O.CCC(C)CCCC(C)CCC1CCCC1O.CCCCCC1C(C(=O)OC)CCC1(OC)OC. The van der Waals surface area contributed by atoms with E-state index in [1.807, 2.05) is 0 Å². The Balaban J connectivity index is 0.000000488. The van der Waals surface area contributed by atoms with E-state index in [9.17, 15) is 20.1 Å². The number of methoxy groups -OCH3 is 3. The van der Waals surface area contributed by atoms with Crippen molar-refractivity contribution in [1.82, 2.24) is 0 Å². The molecule has 0 radical (unpaired) electrons. The monoisotopic (exact) mass is 1020 g/mol. The van der Waals surface area contributed by atoms with Crippen molar-refractivity contribution in [3.63, 3.8) is 0 Å². The van der Waals surface area contributed by atoms with Gasteiger partial charge in [-0.2, -0.15) is 0 Å². The quantitative estimate of drug-likeness (QED) is 0.0297. The molecule has 10 atom stereocenters. The van der Waals surface area contributed by atoms with Crippen LogP contribution >= 0.6 is 0 Å². The average Bonchev–Trinajstić information content (AvgIpc) is 4.19. The standard InChI is InChI=1S/C20H34O.C16H32O.C16H28O.C14H26O4/c1-16(2)8-5-9-17(3)10-6-11-18(4)14-15-19-12-7-13-20(19)21;2*1-4-13(2)7-5-8-14(3)11-12-15-9-6-10-16(15)17;1-5-6-7-8-12-11(13(15)16-2)9-10-14(12,17-3)18-4/h8,10,14,19-21H,5-7,9,11-13,15H2,1-4H3;13-17H,4-12H2,1-3H3;7,11,15-17H,4-6,8-10,12H2,1-3H3;11-12H,5-10H2,1-4H3/b17-10+,18-14+;;13-7+,14-11+;. The number of unbranched alkanes of at least 4 members (excludes halogenated alkanes) is 2. The Morgan fingerprint density at radius 2 is 1.04 bits per heavy atom. The summed E-state index contributed by atoms with van der Waals surface area (Å²) in [5.74, 6) is 2.69. The van der Waals surface area contributed by atoms with Crippen LogP contribution in [-0.4, -0.2) is 66.7 Å². The average molecular weight is 1030 g/mol. The van der Waals surface area contributed by atoms with Gasteiger partial charge < -0.3 is 29.5 Å². The van der Waals surface area contributed by atoms with Gasteiger partial charge in [-0.05, 0) is 187 Å². The zero-order chi connectivity index (χ0) is 54.6. The Kier molecular flexibility index (Phi) is 38.9. The van der Waals surface area contributed by atoms with Crippen molar-refractivity contribution in [2.45, 2.75) is 293 Å². The molecule has 10 unspecified atom stereocenters. The van der Waals surface area contributed by atoms with Crippen molar-refractivity contribution in [2.24, 2.45) is 41.4 Å². The van der Waals surface area contributed by atoms with Crippen molar-refractivity contribution in [3.8, 4) is 0 Å². The van der Waals surface area contributed by atoms with Crippen molar-refractivity contribution in [2.75, 3.05) is 21.3 Å². The van der Waals surface area contributed by atoms with Crippen LogP contribution in [-0.2, 0) is 19.0 Å². The molecule has 0 aromatic heterocycles. The number of aliphatic hydroxyl groups excluding tert-OH is 3. The molecule has 7 heteroatoms. The van der Waals surface area contributed by atoms with Gasteiger partial charge in [0.1, 0.15) is 0 Å². The summed E-state index contributed by atoms with van der Waals surface area (Å²) in [4.78, 5) is 11.8. The molecule has 7 nitrogen and oxygen atoms in total. The highest BCUT2D eigenvalue weighted by Gasteiger charge is 2.52. The minimum Gasteiger partial charge on any atom is -0.469 e. The highest BCUT2D eigenvalue weighted by Crippen LogP contribution is 2.46. The van der Waals surface area contributed by atoms with Gasteiger partial charge in [0.05, 0.1) is 31.3 Å². The van der Waals surface area contributed by atoms with E-state index in [2.05, 4.69) is 107 Å². The van der Waals surface area contributed by atoms with E-state index in [1.54, 1.807) is 14.2 Å². The number of carbonyl (C=O) groups excluding carboxylic acids is 1. The second kappa shape index (κ2) is 41.1. The predicted octanol–water partition coefficient (Wildman–Crippen LogP) is 18.1. The molecule has 4 aliphatic carbocycles. The number of hydrogen-bond donors (Lipinski definition) is 3. The summed E-state index contributed by atoms with van der Waals surface area (Å²) in [5, 5.41) is 29.4. The van der Waals surface area contributed by atoms with Gasteiger partial charge in [-0.1, -0.05) is 163 Å². The lowest BCUT2D eigenvalue weighted by atomic mass is 9.87. The highest BCUT2D eigenvalue weighted by molar-refractivity contribution is 5.73. The number of carbonyl (C=O) groups is 1. The van der Waals surface area contributed by atoms with Gasteiger partial charge in [0, 0.05) is 26.6 Å². The van der Waals surface area contributed by atoms with E-state index < -0.39 is 5.79 Å². The van der Waals surface area contributed by atoms with Crippen molar-refractivity contribution in [1.29, 1.82) is 0 Å². The molecular weight excluding hydrogens is 905 g/mol. The minimum atomic E-state index is -0.605. The summed E-state index contributed by atoms with van der Waals surface area (Å²) in [6, 6.07) is 0. The number of hydrogen-bond acceptors (Lipinski definition) is 7. The molecule has 0 aromatic rings. The van der Waals surface area contributed by atoms with Gasteiger partial charge in [-0.3, -0.25) is 4.79 Å². The third-order valence-corrected chi connectivity index (χ3v) is 17.4. The summed E-state index contributed by atoms with van der Waals surface area (Å²) >= 11 is 0. The van der Waals surface area contributed by atoms with E-state index >= 15 is 0 Å². The summed E-state index contributed by atoms with van der Waals surface area (Å²) in [5.41, 5.74) is 7.36. The molecule has 0 bridgehead atoms. The topological polar surface area (TPSA) is 105 Å². The maximum Gasteiger partial charge on any atom is 0.309 e. The van der Waals surface area contributed by atoms with Crippen LogP contribution in [0.1, 0.15) is 269 Å². The fourth-order valence-corrected chi connectivity index (χ4v) is 11.5. The molecule has 0 heterocycles. The molecule has 0 aliphatic heterocycles. The van der Waals surface area contributed by atoms with E-state index in [0.29, 0.717) is 17.8 Å². The normalized spacial score (nSPS) is 26.0. The fourth-order valence-electron chi connectivity index (χ4n) is 11.5. The number of allylic oxidation sites excluding steroid dienone is 10. The first-order valence-electron chi connectivity index (χ1n) is 30.4.